The first-order valence-electron chi connectivity index (χ1n) is 5.95. The van der Waals surface area contributed by atoms with Gasteiger partial charge in [0.2, 0.25) is 0 Å². The van der Waals surface area contributed by atoms with E-state index in [0.29, 0.717) is 5.56 Å². The molecule has 1 aromatic carbocycles. The van der Waals surface area contributed by atoms with Crippen LogP contribution in [0.4, 0.5) is 13.2 Å². The van der Waals surface area contributed by atoms with Crippen LogP contribution in [0.5, 0.6) is 0 Å². The van der Waals surface area contributed by atoms with Crippen LogP contribution in [0, 0.1) is 0 Å². The fourth-order valence-electron chi connectivity index (χ4n) is 1.86. The molecule has 0 spiro atoms. The van der Waals surface area contributed by atoms with E-state index in [-0.39, 0.29) is 10.6 Å². The van der Waals surface area contributed by atoms with Crippen molar-refractivity contribution in [3.63, 3.8) is 0 Å². The van der Waals surface area contributed by atoms with Gasteiger partial charge in [-0.3, -0.25) is 0 Å². The fraction of sp³-hybridized carbons (Fsp3) is 0.571. The van der Waals surface area contributed by atoms with Crippen molar-refractivity contribution >= 4 is 11.6 Å². The monoisotopic (exact) mass is 293 g/mol. The van der Waals surface area contributed by atoms with Crippen LogP contribution in [0.3, 0.4) is 0 Å². The maximum Gasteiger partial charge on any atom is 0.418 e. The molecule has 0 aromatic heterocycles. The highest BCUT2D eigenvalue weighted by atomic mass is 35.5. The fourth-order valence-corrected chi connectivity index (χ4v) is 2.18. The summed E-state index contributed by atoms with van der Waals surface area (Å²) in [6.45, 7) is 8.64. The van der Waals surface area contributed by atoms with Crippen LogP contribution in [0.25, 0.3) is 0 Å². The summed E-state index contributed by atoms with van der Waals surface area (Å²) in [6, 6.07) is 2.81. The molecule has 19 heavy (non-hydrogen) atoms. The average molecular weight is 294 g/mol. The Balaban J connectivity index is 3.68. The number of alkyl halides is 3. The Hall–Kier alpha value is -0.740. The van der Waals surface area contributed by atoms with Gasteiger partial charge in [0.05, 0.1) is 10.6 Å². The van der Waals surface area contributed by atoms with Gasteiger partial charge < -0.3 is 5.73 Å². The minimum atomic E-state index is -4.48. The van der Waals surface area contributed by atoms with Gasteiger partial charge in [0.25, 0.3) is 0 Å². The lowest BCUT2D eigenvalue weighted by molar-refractivity contribution is -0.138. The first kappa shape index (κ1) is 16.3. The van der Waals surface area contributed by atoms with Gasteiger partial charge in [-0.25, -0.2) is 0 Å². The summed E-state index contributed by atoms with van der Waals surface area (Å²) in [4.78, 5) is 0. The lowest BCUT2D eigenvalue weighted by Crippen LogP contribution is -2.30. The van der Waals surface area contributed by atoms with Crippen LogP contribution >= 0.6 is 11.6 Å². The summed E-state index contributed by atoms with van der Waals surface area (Å²) in [5, 5.41) is -0.298. The number of hydrogen-bond donors (Lipinski definition) is 1. The number of hydrogen-bond acceptors (Lipinski definition) is 1. The quantitative estimate of drug-likeness (QED) is 0.787. The first-order valence-corrected chi connectivity index (χ1v) is 6.33. The Morgan fingerprint density at radius 3 is 1.79 bits per heavy atom. The maximum absolute atomic E-state index is 13.2. The minimum Gasteiger partial charge on any atom is -0.322 e. The van der Waals surface area contributed by atoms with Crippen molar-refractivity contribution in [2.75, 3.05) is 0 Å². The summed E-state index contributed by atoms with van der Waals surface area (Å²) in [5.74, 6) is 0. The molecule has 5 heteroatoms. The summed E-state index contributed by atoms with van der Waals surface area (Å²) < 4.78 is 39.5. The van der Waals surface area contributed by atoms with Crippen LogP contribution in [0.15, 0.2) is 12.1 Å². The Morgan fingerprint density at radius 1 is 1.00 bits per heavy atom. The topological polar surface area (TPSA) is 26.0 Å². The molecule has 0 unspecified atom stereocenters. The van der Waals surface area contributed by atoms with Crippen LogP contribution in [-0.4, -0.2) is 0 Å². The molecule has 0 saturated heterocycles. The second-order valence-electron chi connectivity index (χ2n) is 6.35. The Labute approximate surface area is 116 Å². The molecule has 1 rings (SSSR count). The smallest absolute Gasteiger partial charge is 0.322 e. The van der Waals surface area contributed by atoms with Crippen molar-refractivity contribution < 1.29 is 13.2 Å². The summed E-state index contributed by atoms with van der Waals surface area (Å²) in [5.41, 5.74) is 4.54. The number of nitrogens with two attached hydrogens (primary N) is 1. The van der Waals surface area contributed by atoms with Gasteiger partial charge >= 0.3 is 6.18 Å². The predicted octanol–water partition coefficient (Wildman–Crippen LogP) is 4.85. The molecule has 0 saturated carbocycles. The highest BCUT2D eigenvalue weighted by Gasteiger charge is 2.39. The summed E-state index contributed by atoms with van der Waals surface area (Å²) in [6.07, 6.45) is -4.48. The molecule has 1 aromatic rings. The van der Waals surface area contributed by atoms with E-state index < -0.39 is 22.7 Å². The van der Waals surface area contributed by atoms with Gasteiger partial charge in [-0.05, 0) is 36.5 Å². The predicted molar refractivity (Wildman–Crippen MR) is 72.4 cm³/mol. The van der Waals surface area contributed by atoms with Gasteiger partial charge in [0.1, 0.15) is 0 Å². The summed E-state index contributed by atoms with van der Waals surface area (Å²) in [7, 11) is 0. The third-order valence-corrected chi connectivity index (χ3v) is 3.22. The van der Waals surface area contributed by atoms with E-state index in [9.17, 15) is 13.2 Å². The van der Waals surface area contributed by atoms with Gasteiger partial charge in [-0.15, -0.1) is 0 Å². The molecule has 0 aliphatic rings. The van der Waals surface area contributed by atoms with Gasteiger partial charge in [-0.2, -0.15) is 13.2 Å². The van der Waals surface area contributed by atoms with Gasteiger partial charge in [-0.1, -0.05) is 38.4 Å². The van der Waals surface area contributed by atoms with Crippen molar-refractivity contribution in [2.45, 2.75) is 51.7 Å². The zero-order valence-corrected chi connectivity index (χ0v) is 12.5. The summed E-state index contributed by atoms with van der Waals surface area (Å²) >= 11 is 5.86. The number of benzene rings is 1. The molecule has 0 aliphatic heterocycles. The van der Waals surface area contributed by atoms with E-state index >= 15 is 0 Å². The average Bonchev–Trinajstić information content (AvgIpc) is 2.11. The van der Waals surface area contributed by atoms with Gasteiger partial charge in [0, 0.05) is 5.54 Å². The lowest BCUT2D eigenvalue weighted by Gasteiger charge is -2.29. The van der Waals surface area contributed by atoms with Crippen molar-refractivity contribution in [3.8, 4) is 0 Å². The van der Waals surface area contributed by atoms with Crippen molar-refractivity contribution in [1.82, 2.24) is 0 Å². The molecule has 0 heterocycles. The maximum atomic E-state index is 13.2. The zero-order valence-electron chi connectivity index (χ0n) is 11.7. The van der Waals surface area contributed by atoms with Crippen molar-refractivity contribution in [2.24, 2.45) is 5.73 Å². The molecular weight excluding hydrogens is 275 g/mol. The highest BCUT2D eigenvalue weighted by Crippen LogP contribution is 2.43. The SMILES string of the molecule is CC(C)(C)c1cc(C(C)(C)N)cc(Cl)c1C(F)(F)F. The van der Waals surface area contributed by atoms with E-state index in [4.69, 9.17) is 17.3 Å². The molecule has 2 N–H and O–H groups in total. The molecule has 1 nitrogen and oxygen atoms in total. The van der Waals surface area contributed by atoms with E-state index in [1.54, 1.807) is 34.6 Å². The molecule has 108 valence electrons. The van der Waals surface area contributed by atoms with Crippen LogP contribution in [0.1, 0.15) is 51.3 Å². The largest absolute Gasteiger partial charge is 0.418 e. The molecule has 0 bridgehead atoms. The van der Waals surface area contributed by atoms with Crippen LogP contribution in [-0.2, 0) is 17.1 Å². The first-order chi connectivity index (χ1) is 8.24. The Bertz CT molecular complexity index is 479. The van der Waals surface area contributed by atoms with Crippen molar-refractivity contribution in [3.05, 3.63) is 33.8 Å². The van der Waals surface area contributed by atoms with E-state index in [1.165, 1.54) is 12.1 Å². The molecular formula is C14H19ClF3N. The van der Waals surface area contributed by atoms with E-state index in [2.05, 4.69) is 0 Å². The van der Waals surface area contributed by atoms with Crippen LogP contribution < -0.4 is 5.73 Å². The zero-order chi connectivity index (χ0) is 15.2. The third kappa shape index (κ3) is 3.63. The third-order valence-electron chi connectivity index (χ3n) is 2.93. The highest BCUT2D eigenvalue weighted by molar-refractivity contribution is 6.31. The molecule has 0 amide bonds. The molecule has 0 atom stereocenters. The Morgan fingerprint density at radius 2 is 1.47 bits per heavy atom. The second kappa shape index (κ2) is 4.67. The Kier molecular flexibility index (Phi) is 4.01. The molecule has 0 aliphatic carbocycles. The number of rotatable bonds is 1. The van der Waals surface area contributed by atoms with E-state index in [0.717, 1.165) is 0 Å². The minimum absolute atomic E-state index is 0.168. The normalized spacial score (nSPS) is 13.8. The molecule has 0 radical (unpaired) electrons. The molecule has 0 fully saturated rings. The standard InChI is InChI=1S/C14H19ClF3N/c1-12(2,3)9-6-8(13(4,5)19)7-10(15)11(9)14(16,17)18/h6-7H,19H2,1-5H3. The van der Waals surface area contributed by atoms with Crippen LogP contribution in [0.2, 0.25) is 5.02 Å². The van der Waals surface area contributed by atoms with E-state index in [1.807, 2.05) is 0 Å². The van der Waals surface area contributed by atoms with Crippen molar-refractivity contribution in [1.29, 1.82) is 0 Å². The lowest BCUT2D eigenvalue weighted by atomic mass is 9.80. The van der Waals surface area contributed by atoms with Gasteiger partial charge in [0.15, 0.2) is 0 Å². The number of halogens is 4. The second-order valence-corrected chi connectivity index (χ2v) is 6.76.